The number of fused-ring (bicyclic) bond motifs is 3. The van der Waals surface area contributed by atoms with Gasteiger partial charge in [-0.2, -0.15) is 0 Å². The van der Waals surface area contributed by atoms with Crippen LogP contribution >= 0.6 is 11.6 Å². The van der Waals surface area contributed by atoms with E-state index in [4.69, 9.17) is 16.0 Å². The maximum Gasteiger partial charge on any atom is 0.287 e. The highest BCUT2D eigenvalue weighted by Gasteiger charge is 2.40. The van der Waals surface area contributed by atoms with Crippen molar-refractivity contribution in [2.75, 3.05) is 13.1 Å². The van der Waals surface area contributed by atoms with E-state index in [1.54, 1.807) is 6.07 Å². The Hall–Kier alpha value is -1.78. The van der Waals surface area contributed by atoms with Gasteiger partial charge in [0.1, 0.15) is 5.76 Å². The zero-order valence-electron chi connectivity index (χ0n) is 13.7. The second-order valence-electron chi connectivity index (χ2n) is 6.79. The molecular weight excluding hydrogens is 324 g/mol. The quantitative estimate of drug-likeness (QED) is 0.920. The van der Waals surface area contributed by atoms with Gasteiger partial charge in [-0.3, -0.25) is 9.69 Å². The van der Waals surface area contributed by atoms with Gasteiger partial charge in [-0.15, -0.1) is 0 Å². The molecule has 4 heterocycles. The van der Waals surface area contributed by atoms with E-state index in [1.807, 2.05) is 30.3 Å². The zero-order valence-corrected chi connectivity index (χ0v) is 14.4. The molecule has 1 amide bonds. The third-order valence-corrected chi connectivity index (χ3v) is 5.65. The van der Waals surface area contributed by atoms with Gasteiger partial charge < -0.3 is 9.73 Å². The van der Waals surface area contributed by atoms with Crippen LogP contribution in [0.2, 0.25) is 5.02 Å². The van der Waals surface area contributed by atoms with E-state index >= 15 is 0 Å². The van der Waals surface area contributed by atoms with Gasteiger partial charge in [0.05, 0.1) is 0 Å². The van der Waals surface area contributed by atoms with Crippen LogP contribution in [0.1, 0.15) is 30.3 Å². The molecule has 4 nitrogen and oxygen atoms in total. The van der Waals surface area contributed by atoms with Crippen LogP contribution in [0.5, 0.6) is 0 Å². The number of piperidine rings is 3. The van der Waals surface area contributed by atoms with Crippen LogP contribution in [-0.4, -0.2) is 36.0 Å². The number of hydrogen-bond acceptors (Lipinski definition) is 3. The van der Waals surface area contributed by atoms with Gasteiger partial charge in [-0.05, 0) is 63.0 Å². The maximum absolute atomic E-state index is 12.6. The van der Waals surface area contributed by atoms with Crippen molar-refractivity contribution < 1.29 is 9.21 Å². The van der Waals surface area contributed by atoms with Crippen LogP contribution in [-0.2, 0) is 0 Å². The molecule has 3 aliphatic rings. The summed E-state index contributed by atoms with van der Waals surface area (Å²) in [4.78, 5) is 15.1. The van der Waals surface area contributed by atoms with Gasteiger partial charge in [0.25, 0.3) is 5.91 Å². The lowest BCUT2D eigenvalue weighted by molar-refractivity contribution is 0.0211. The first-order valence-corrected chi connectivity index (χ1v) is 8.90. The molecule has 2 unspecified atom stereocenters. The van der Waals surface area contributed by atoms with Crippen LogP contribution in [0, 0.1) is 5.92 Å². The van der Waals surface area contributed by atoms with Crippen molar-refractivity contribution in [3.63, 3.8) is 0 Å². The molecule has 24 heavy (non-hydrogen) atoms. The molecule has 2 bridgehead atoms. The predicted octanol–water partition coefficient (Wildman–Crippen LogP) is 3.81. The Morgan fingerprint density at radius 2 is 2.04 bits per heavy atom. The fourth-order valence-electron chi connectivity index (χ4n) is 4.02. The molecule has 0 saturated carbocycles. The normalized spacial score (nSPS) is 28.8. The minimum Gasteiger partial charge on any atom is -0.451 e. The molecule has 2 atom stereocenters. The minimum absolute atomic E-state index is 0.131. The van der Waals surface area contributed by atoms with E-state index < -0.39 is 0 Å². The molecule has 1 aromatic carbocycles. The van der Waals surface area contributed by atoms with Crippen molar-refractivity contribution in [2.45, 2.75) is 31.8 Å². The Bertz CT molecular complexity index is 747. The smallest absolute Gasteiger partial charge is 0.287 e. The Balaban J connectivity index is 1.49. The average Bonchev–Trinajstić information content (AvgIpc) is 3.09. The summed E-state index contributed by atoms with van der Waals surface area (Å²) < 4.78 is 5.76. The third-order valence-electron chi connectivity index (χ3n) is 5.41. The molecule has 5 heteroatoms. The number of nitrogens with one attached hydrogen (secondary N) is 1. The van der Waals surface area contributed by atoms with Crippen LogP contribution in [0.4, 0.5) is 0 Å². The molecule has 0 radical (unpaired) electrons. The fraction of sp³-hybridized carbons (Fsp3) is 0.421. The fourth-order valence-corrected chi connectivity index (χ4v) is 4.21. The van der Waals surface area contributed by atoms with Crippen molar-refractivity contribution >= 4 is 17.5 Å². The van der Waals surface area contributed by atoms with Crippen LogP contribution in [0.25, 0.3) is 11.3 Å². The average molecular weight is 345 g/mol. The second kappa shape index (κ2) is 6.26. The van der Waals surface area contributed by atoms with E-state index in [0.717, 1.165) is 18.7 Å². The lowest BCUT2D eigenvalue weighted by Crippen LogP contribution is -2.62. The van der Waals surface area contributed by atoms with Crippen LogP contribution < -0.4 is 5.32 Å². The summed E-state index contributed by atoms with van der Waals surface area (Å²) in [5, 5.41) is 3.84. The second-order valence-corrected chi connectivity index (χ2v) is 7.22. The van der Waals surface area contributed by atoms with Crippen molar-refractivity contribution in [2.24, 2.45) is 5.92 Å². The molecular formula is C19H21ClN2O2. The van der Waals surface area contributed by atoms with Crippen molar-refractivity contribution in [3.05, 3.63) is 47.2 Å². The lowest BCUT2D eigenvalue weighted by Gasteiger charge is -2.49. The van der Waals surface area contributed by atoms with Gasteiger partial charge >= 0.3 is 0 Å². The Labute approximate surface area is 146 Å². The van der Waals surface area contributed by atoms with Crippen molar-refractivity contribution in [3.8, 4) is 11.3 Å². The Morgan fingerprint density at radius 1 is 1.25 bits per heavy atom. The number of hydrogen-bond donors (Lipinski definition) is 1. The summed E-state index contributed by atoms with van der Waals surface area (Å²) in [5.74, 6) is 1.46. The van der Waals surface area contributed by atoms with Gasteiger partial charge in [-0.1, -0.05) is 23.7 Å². The molecule has 5 rings (SSSR count). The van der Waals surface area contributed by atoms with Crippen molar-refractivity contribution in [1.29, 1.82) is 0 Å². The molecule has 2 aromatic rings. The number of furan rings is 1. The molecule has 3 saturated heterocycles. The largest absolute Gasteiger partial charge is 0.451 e. The summed E-state index contributed by atoms with van der Waals surface area (Å²) >= 11 is 6.02. The number of benzene rings is 1. The van der Waals surface area contributed by atoms with Gasteiger partial charge in [-0.25, -0.2) is 0 Å². The third kappa shape index (κ3) is 2.85. The summed E-state index contributed by atoms with van der Waals surface area (Å²) in [7, 11) is 0. The minimum atomic E-state index is -0.131. The first-order chi connectivity index (χ1) is 11.6. The molecule has 126 valence electrons. The number of carbonyl (C=O) groups excluding carboxylic acids is 1. The summed E-state index contributed by atoms with van der Waals surface area (Å²) in [6, 6.07) is 11.6. The molecule has 1 N–H and O–H groups in total. The van der Waals surface area contributed by atoms with E-state index in [0.29, 0.717) is 28.5 Å². The topological polar surface area (TPSA) is 45.5 Å². The number of nitrogens with zero attached hydrogens (tertiary/aromatic N) is 1. The standard InChI is InChI=1S/C19H21ClN2O2/c1-12-18(13-7-9-22(12)10-8-13)21-19(23)17-6-5-16(24-17)14-3-2-4-15(20)11-14/h2-6,11-13,18H,7-10H2,1H3,(H,21,23). The van der Waals surface area contributed by atoms with E-state index in [9.17, 15) is 4.79 Å². The van der Waals surface area contributed by atoms with Gasteiger partial charge in [0.15, 0.2) is 5.76 Å². The van der Waals surface area contributed by atoms with Crippen LogP contribution in [0.15, 0.2) is 40.8 Å². The molecule has 0 spiro atoms. The molecule has 3 fully saturated rings. The Morgan fingerprint density at radius 3 is 2.75 bits per heavy atom. The summed E-state index contributed by atoms with van der Waals surface area (Å²) in [6.45, 7) is 4.51. The number of rotatable bonds is 3. The van der Waals surface area contributed by atoms with E-state index in [2.05, 4.69) is 17.1 Å². The number of halogens is 1. The maximum atomic E-state index is 12.6. The van der Waals surface area contributed by atoms with E-state index in [-0.39, 0.29) is 11.9 Å². The number of amides is 1. The van der Waals surface area contributed by atoms with Crippen molar-refractivity contribution in [1.82, 2.24) is 10.2 Å². The zero-order chi connectivity index (χ0) is 16.7. The van der Waals surface area contributed by atoms with E-state index in [1.165, 1.54) is 12.8 Å². The summed E-state index contributed by atoms with van der Waals surface area (Å²) in [6.07, 6.45) is 2.34. The monoisotopic (exact) mass is 344 g/mol. The molecule has 1 aromatic heterocycles. The highest BCUT2D eigenvalue weighted by Crippen LogP contribution is 2.32. The number of carbonyl (C=O) groups is 1. The first kappa shape index (κ1) is 15.7. The molecule has 0 aliphatic carbocycles. The summed E-state index contributed by atoms with van der Waals surface area (Å²) in [5.41, 5.74) is 0.873. The van der Waals surface area contributed by atoms with Gasteiger partial charge in [0.2, 0.25) is 0 Å². The molecule has 3 aliphatic heterocycles. The van der Waals surface area contributed by atoms with Crippen LogP contribution in [0.3, 0.4) is 0 Å². The highest BCUT2D eigenvalue weighted by atomic mass is 35.5. The van der Waals surface area contributed by atoms with Gasteiger partial charge in [0, 0.05) is 22.7 Å². The lowest BCUT2D eigenvalue weighted by atomic mass is 9.79. The highest BCUT2D eigenvalue weighted by molar-refractivity contribution is 6.30. The first-order valence-electron chi connectivity index (χ1n) is 8.52. The predicted molar refractivity (Wildman–Crippen MR) is 94.2 cm³/mol. The Kier molecular flexibility index (Phi) is 4.10. The SMILES string of the molecule is CC1C(NC(=O)c2ccc(-c3cccc(Cl)c3)o2)C2CCN1CC2.